The van der Waals surface area contributed by atoms with Crippen molar-refractivity contribution in [2.24, 2.45) is 11.1 Å². The van der Waals surface area contributed by atoms with E-state index in [1.807, 2.05) is 34.6 Å². The van der Waals surface area contributed by atoms with Crippen LogP contribution in [-0.4, -0.2) is 107 Å². The quantitative estimate of drug-likeness (QED) is 0.0740. The van der Waals surface area contributed by atoms with Crippen LogP contribution in [0.1, 0.15) is 54.9 Å². The predicted molar refractivity (Wildman–Crippen MR) is 145 cm³/mol. The Labute approximate surface area is 227 Å². The van der Waals surface area contributed by atoms with Crippen molar-refractivity contribution in [1.82, 2.24) is 16.0 Å². The largest absolute Gasteiger partial charge is 0.393 e. The van der Waals surface area contributed by atoms with Gasteiger partial charge in [0.1, 0.15) is 17.9 Å². The molecule has 4 N–H and O–H groups in total. The van der Waals surface area contributed by atoms with Crippen LogP contribution in [0.25, 0.3) is 0 Å². The van der Waals surface area contributed by atoms with Crippen LogP contribution in [0.2, 0.25) is 0 Å². The third kappa shape index (κ3) is 21.5. The summed E-state index contributed by atoms with van der Waals surface area (Å²) in [4.78, 5) is 49.8. The van der Waals surface area contributed by atoms with E-state index >= 15 is 0 Å². The third-order valence-electron chi connectivity index (χ3n) is 4.31. The Bertz CT molecular complexity index is 684. The lowest BCUT2D eigenvalue weighted by molar-refractivity contribution is -0.130. The van der Waals surface area contributed by atoms with Crippen molar-refractivity contribution in [3.63, 3.8) is 0 Å². The summed E-state index contributed by atoms with van der Waals surface area (Å²) in [5.74, 6) is -0.501. The third-order valence-corrected chi connectivity index (χ3v) is 4.31. The van der Waals surface area contributed by atoms with Gasteiger partial charge in [0.15, 0.2) is 5.78 Å². The monoisotopic (exact) mass is 550 g/mol. The maximum Gasteiger partial charge on any atom is 0.269 e. The molecule has 0 aromatic rings. The smallest absolute Gasteiger partial charge is 0.269 e. The number of methoxy groups -OCH3 is 2. The Morgan fingerprint density at radius 1 is 1.13 bits per heavy atom. The number of epoxide rings is 1. The van der Waals surface area contributed by atoms with Crippen molar-refractivity contribution in [1.29, 1.82) is 0 Å². The van der Waals surface area contributed by atoms with Gasteiger partial charge in [0.25, 0.3) is 5.91 Å². The second-order valence-corrected chi connectivity index (χ2v) is 8.60. The number of amides is 3. The number of rotatable bonds is 15. The average molecular weight is 551 g/mol. The van der Waals surface area contributed by atoms with Crippen molar-refractivity contribution in [2.75, 3.05) is 54.3 Å². The van der Waals surface area contributed by atoms with E-state index in [4.69, 9.17) is 14.6 Å². The molecule has 1 rings (SSSR count). The van der Waals surface area contributed by atoms with Gasteiger partial charge >= 0.3 is 0 Å². The van der Waals surface area contributed by atoms with E-state index in [2.05, 4.69) is 30.7 Å². The highest BCUT2D eigenvalue weighted by Gasteiger charge is 2.50. The van der Waals surface area contributed by atoms with E-state index in [1.165, 1.54) is 6.92 Å². The maximum absolute atomic E-state index is 12.1. The number of hydrogen-bond acceptors (Lipinski definition) is 10. The minimum absolute atomic E-state index is 0.0782. The lowest BCUT2D eigenvalue weighted by Gasteiger charge is -2.21. The first-order chi connectivity index (χ1) is 17.9. The first-order valence-corrected chi connectivity index (χ1v) is 12.5. The molecular formula is C25H50N4O9. The highest BCUT2D eigenvalue weighted by molar-refractivity contribution is 6.37. The first kappa shape index (κ1) is 39.9. The van der Waals surface area contributed by atoms with Crippen LogP contribution in [0.3, 0.4) is 0 Å². The van der Waals surface area contributed by atoms with Crippen LogP contribution in [-0.2, 0) is 38.2 Å². The molecule has 1 saturated heterocycles. The molecule has 1 heterocycles. The zero-order valence-corrected chi connectivity index (χ0v) is 24.7. The number of aliphatic hydroxyl groups is 1. The van der Waals surface area contributed by atoms with Crippen LogP contribution < -0.4 is 16.0 Å². The van der Waals surface area contributed by atoms with Gasteiger partial charge in [0.05, 0.1) is 32.4 Å². The van der Waals surface area contributed by atoms with E-state index in [0.29, 0.717) is 26.0 Å². The summed E-state index contributed by atoms with van der Waals surface area (Å²) in [5.41, 5.74) is -0.531. The second-order valence-electron chi connectivity index (χ2n) is 8.60. The van der Waals surface area contributed by atoms with Gasteiger partial charge in [-0.1, -0.05) is 32.9 Å². The van der Waals surface area contributed by atoms with Gasteiger partial charge < -0.3 is 40.1 Å². The SMILES string of the molecule is CC.CC(C)C[C@H](NC(=O)CNC=O)C(=O)C1(C)CO1.COC.COC[C@@H](C)NC(=O)/C(C)=N/OCCO. The molecular weight excluding hydrogens is 500 g/mol. The van der Waals surface area contributed by atoms with Crippen LogP contribution in [0.5, 0.6) is 0 Å². The minimum Gasteiger partial charge on any atom is -0.393 e. The number of ketones is 1. The molecule has 0 aromatic heterocycles. The molecule has 1 aliphatic rings. The summed E-state index contributed by atoms with van der Waals surface area (Å²) in [6, 6.07) is -0.635. The summed E-state index contributed by atoms with van der Waals surface area (Å²) >= 11 is 0. The molecule has 0 saturated carbocycles. The summed E-state index contributed by atoms with van der Waals surface area (Å²) in [6.07, 6.45) is 1.01. The number of carbonyl (C=O) groups is 4. The lowest BCUT2D eigenvalue weighted by Crippen LogP contribution is -2.48. The number of nitrogens with zero attached hydrogens (tertiary/aromatic N) is 1. The Morgan fingerprint density at radius 2 is 1.68 bits per heavy atom. The fourth-order valence-electron chi connectivity index (χ4n) is 2.55. The molecule has 13 nitrogen and oxygen atoms in total. The van der Waals surface area contributed by atoms with Crippen LogP contribution in [0.15, 0.2) is 5.16 Å². The first-order valence-electron chi connectivity index (χ1n) is 12.5. The molecule has 1 fully saturated rings. The molecule has 3 atom stereocenters. The van der Waals surface area contributed by atoms with Gasteiger partial charge in [-0.2, -0.15) is 0 Å². The van der Waals surface area contributed by atoms with E-state index in [1.54, 1.807) is 28.3 Å². The molecule has 0 bridgehead atoms. The van der Waals surface area contributed by atoms with Crippen molar-refractivity contribution in [2.45, 2.75) is 72.6 Å². The summed E-state index contributed by atoms with van der Waals surface area (Å²) < 4.78 is 14.2. The number of oxime groups is 1. The fraction of sp³-hybridized carbons (Fsp3) is 0.800. The number of Topliss-reactive ketones (excluding diaryl/α,β-unsaturated/α-hetero) is 1. The zero-order valence-electron chi connectivity index (χ0n) is 24.7. The number of nitrogens with one attached hydrogen (secondary N) is 3. The number of hydrogen-bond donors (Lipinski definition) is 4. The molecule has 224 valence electrons. The molecule has 0 aliphatic carbocycles. The van der Waals surface area contributed by atoms with Crippen LogP contribution in [0.4, 0.5) is 0 Å². The van der Waals surface area contributed by atoms with E-state index in [9.17, 15) is 19.2 Å². The van der Waals surface area contributed by atoms with Crippen LogP contribution in [0, 0.1) is 5.92 Å². The lowest BCUT2D eigenvalue weighted by atomic mass is 9.93. The van der Waals surface area contributed by atoms with Gasteiger partial charge in [0.2, 0.25) is 12.3 Å². The Kier molecular flexibility index (Phi) is 25.9. The molecule has 38 heavy (non-hydrogen) atoms. The maximum atomic E-state index is 12.1. The predicted octanol–water partition coefficient (Wildman–Crippen LogP) is 0.432. The Hall–Kier alpha value is -2.61. The summed E-state index contributed by atoms with van der Waals surface area (Å²) in [7, 11) is 4.81. The Balaban J connectivity index is -0.000000558. The number of ether oxygens (including phenoxy) is 3. The van der Waals surface area contributed by atoms with Crippen LogP contribution >= 0.6 is 0 Å². The summed E-state index contributed by atoms with van der Waals surface area (Å²) in [5, 5.41) is 19.5. The van der Waals surface area contributed by atoms with Gasteiger partial charge in [-0.15, -0.1) is 0 Å². The fourth-order valence-corrected chi connectivity index (χ4v) is 2.55. The highest BCUT2D eigenvalue weighted by Crippen LogP contribution is 2.29. The van der Waals surface area contributed by atoms with Gasteiger partial charge in [-0.25, -0.2) is 0 Å². The second kappa shape index (κ2) is 24.7. The topological polar surface area (TPSA) is 177 Å². The van der Waals surface area contributed by atoms with Gasteiger partial charge in [0, 0.05) is 27.4 Å². The van der Waals surface area contributed by atoms with Gasteiger partial charge in [-0.3, -0.25) is 19.2 Å². The normalized spacial score (nSPS) is 17.0. The molecule has 3 amide bonds. The standard InChI is InChI=1S/C12H20N2O4.C9H18N2O4.C2H6O.C2H6/c1-8(2)4-9(11(17)12(3)6-18-12)14-10(16)5-13-7-15;1-7(6-14-3)10-9(13)8(2)11-15-5-4-12;1-3-2;1-2/h7-9H,4-6H2,1-3H3,(H,13,15)(H,14,16);7,12H,4-6H2,1-3H3,(H,10,13);1-2H3;1-2H3/b;11-8+;;/t9-,12?;7-;;/m01../s1. The van der Waals surface area contributed by atoms with Gasteiger partial charge in [-0.05, 0) is 33.1 Å². The van der Waals surface area contributed by atoms with Crippen molar-refractivity contribution in [3.8, 4) is 0 Å². The Morgan fingerprint density at radius 3 is 2.11 bits per heavy atom. The van der Waals surface area contributed by atoms with Crippen molar-refractivity contribution in [3.05, 3.63) is 0 Å². The van der Waals surface area contributed by atoms with E-state index in [-0.39, 0.29) is 55.0 Å². The summed E-state index contributed by atoms with van der Waals surface area (Å²) in [6.45, 7) is 13.7. The van der Waals surface area contributed by atoms with Crippen molar-refractivity contribution < 1.29 is 43.3 Å². The zero-order chi connectivity index (χ0) is 30.1. The molecule has 0 aromatic carbocycles. The van der Waals surface area contributed by atoms with E-state index in [0.717, 1.165) is 0 Å². The highest BCUT2D eigenvalue weighted by atomic mass is 16.6. The molecule has 0 radical (unpaired) electrons. The molecule has 13 heteroatoms. The molecule has 0 spiro atoms. The molecule has 1 unspecified atom stereocenters. The van der Waals surface area contributed by atoms with E-state index < -0.39 is 11.6 Å². The number of carbonyl (C=O) groups excluding carboxylic acids is 4. The minimum atomic E-state index is -0.745. The van der Waals surface area contributed by atoms with Crippen molar-refractivity contribution >= 4 is 29.7 Å². The average Bonchev–Trinajstić information content (AvgIpc) is 3.62. The molecule has 1 aliphatic heterocycles. The number of aliphatic hydroxyl groups excluding tert-OH is 1.